The van der Waals surface area contributed by atoms with Gasteiger partial charge in [0, 0.05) is 6.04 Å². The minimum absolute atomic E-state index is 0.475. The maximum absolute atomic E-state index is 6.13. The van der Waals surface area contributed by atoms with E-state index in [2.05, 4.69) is 13.8 Å². The zero-order chi connectivity index (χ0) is 12.8. The smallest absolute Gasteiger partial charge is 0.00388 e. The number of unbranched alkanes of at least 4 members (excludes halogenated alkanes) is 9. The molecule has 2 N–H and O–H groups in total. The van der Waals surface area contributed by atoms with Crippen molar-refractivity contribution < 1.29 is 0 Å². The average molecular weight is 241 g/mol. The molecule has 0 heterocycles. The van der Waals surface area contributed by atoms with E-state index in [0.29, 0.717) is 6.04 Å². The van der Waals surface area contributed by atoms with Crippen molar-refractivity contribution in [2.75, 3.05) is 0 Å². The standard InChI is InChI=1S/C16H35N/c1-3-5-7-9-11-13-15-16(17)14-12-10-8-6-4-2/h16H,3-15,17H2,1-2H3. The first-order chi connectivity index (χ1) is 8.31. The van der Waals surface area contributed by atoms with Crippen LogP contribution >= 0.6 is 0 Å². The lowest BCUT2D eigenvalue weighted by Crippen LogP contribution is -2.19. The Labute approximate surface area is 110 Å². The lowest BCUT2D eigenvalue weighted by Gasteiger charge is -2.11. The lowest BCUT2D eigenvalue weighted by molar-refractivity contribution is 0.485. The summed E-state index contributed by atoms with van der Waals surface area (Å²) in [7, 11) is 0. The zero-order valence-electron chi connectivity index (χ0n) is 12.3. The fraction of sp³-hybridized carbons (Fsp3) is 1.00. The zero-order valence-corrected chi connectivity index (χ0v) is 12.3. The molecule has 0 aliphatic carbocycles. The Morgan fingerprint density at radius 1 is 0.588 bits per heavy atom. The van der Waals surface area contributed by atoms with Crippen molar-refractivity contribution in [1.29, 1.82) is 0 Å². The van der Waals surface area contributed by atoms with E-state index in [1.54, 1.807) is 0 Å². The van der Waals surface area contributed by atoms with E-state index < -0.39 is 0 Å². The summed E-state index contributed by atoms with van der Waals surface area (Å²) in [6, 6.07) is 0.475. The summed E-state index contributed by atoms with van der Waals surface area (Å²) >= 11 is 0. The molecule has 1 unspecified atom stereocenters. The summed E-state index contributed by atoms with van der Waals surface area (Å²) in [5.74, 6) is 0. The lowest BCUT2D eigenvalue weighted by atomic mass is 10.0. The molecule has 1 nitrogen and oxygen atoms in total. The topological polar surface area (TPSA) is 26.0 Å². The molecule has 1 atom stereocenters. The second kappa shape index (κ2) is 14.0. The highest BCUT2D eigenvalue weighted by Gasteiger charge is 2.01. The Morgan fingerprint density at radius 3 is 1.35 bits per heavy atom. The van der Waals surface area contributed by atoms with E-state index in [9.17, 15) is 0 Å². The molecular formula is C16H35N. The Balaban J connectivity index is 3.09. The fourth-order valence-corrected chi connectivity index (χ4v) is 2.34. The van der Waals surface area contributed by atoms with Gasteiger partial charge in [-0.3, -0.25) is 0 Å². The van der Waals surface area contributed by atoms with Gasteiger partial charge in [-0.15, -0.1) is 0 Å². The van der Waals surface area contributed by atoms with Crippen LogP contribution < -0.4 is 5.73 Å². The molecule has 0 aliphatic rings. The van der Waals surface area contributed by atoms with Crippen LogP contribution in [0, 0.1) is 0 Å². The van der Waals surface area contributed by atoms with Crippen LogP contribution in [0.1, 0.15) is 97.3 Å². The molecule has 0 rings (SSSR count). The molecule has 0 aromatic heterocycles. The Morgan fingerprint density at radius 2 is 0.941 bits per heavy atom. The average Bonchev–Trinajstić information content (AvgIpc) is 2.33. The largest absolute Gasteiger partial charge is 0.328 e. The molecule has 1 heteroatoms. The van der Waals surface area contributed by atoms with Crippen LogP contribution in [0.4, 0.5) is 0 Å². The van der Waals surface area contributed by atoms with Crippen LogP contribution in [0.25, 0.3) is 0 Å². The SMILES string of the molecule is CCCCCCCCC(N)CCCCCCC. The van der Waals surface area contributed by atoms with Gasteiger partial charge in [-0.1, -0.05) is 84.5 Å². The van der Waals surface area contributed by atoms with Gasteiger partial charge in [0.2, 0.25) is 0 Å². The van der Waals surface area contributed by atoms with E-state index >= 15 is 0 Å². The highest BCUT2D eigenvalue weighted by atomic mass is 14.6. The summed E-state index contributed by atoms with van der Waals surface area (Å²) in [6.07, 6.45) is 17.7. The van der Waals surface area contributed by atoms with Gasteiger partial charge in [0.1, 0.15) is 0 Å². The molecule has 0 saturated carbocycles. The van der Waals surface area contributed by atoms with E-state index in [4.69, 9.17) is 5.73 Å². The van der Waals surface area contributed by atoms with Gasteiger partial charge in [-0.25, -0.2) is 0 Å². The van der Waals surface area contributed by atoms with Gasteiger partial charge >= 0.3 is 0 Å². The number of nitrogens with two attached hydrogens (primary N) is 1. The van der Waals surface area contributed by atoms with Crippen molar-refractivity contribution in [3.05, 3.63) is 0 Å². The van der Waals surface area contributed by atoms with Crippen LogP contribution in [-0.4, -0.2) is 6.04 Å². The summed E-state index contributed by atoms with van der Waals surface area (Å²) in [4.78, 5) is 0. The predicted octanol–water partition coefficient (Wildman–Crippen LogP) is 5.42. The van der Waals surface area contributed by atoms with Gasteiger partial charge < -0.3 is 5.73 Å². The third kappa shape index (κ3) is 13.9. The fourth-order valence-electron chi connectivity index (χ4n) is 2.34. The number of hydrogen-bond donors (Lipinski definition) is 1. The minimum Gasteiger partial charge on any atom is -0.328 e. The molecular weight excluding hydrogens is 206 g/mol. The summed E-state index contributed by atoms with van der Waals surface area (Å²) < 4.78 is 0. The van der Waals surface area contributed by atoms with Gasteiger partial charge in [0.15, 0.2) is 0 Å². The maximum Gasteiger partial charge on any atom is 0.00388 e. The first kappa shape index (κ1) is 17.0. The minimum atomic E-state index is 0.475. The molecule has 0 spiro atoms. The predicted molar refractivity (Wildman–Crippen MR) is 79.3 cm³/mol. The van der Waals surface area contributed by atoms with Crippen molar-refractivity contribution in [3.8, 4) is 0 Å². The molecule has 17 heavy (non-hydrogen) atoms. The van der Waals surface area contributed by atoms with Crippen LogP contribution in [0.2, 0.25) is 0 Å². The molecule has 0 bridgehead atoms. The Hall–Kier alpha value is -0.0400. The van der Waals surface area contributed by atoms with Crippen molar-refractivity contribution in [2.24, 2.45) is 5.73 Å². The van der Waals surface area contributed by atoms with Gasteiger partial charge in [0.25, 0.3) is 0 Å². The maximum atomic E-state index is 6.13. The van der Waals surface area contributed by atoms with E-state index in [-0.39, 0.29) is 0 Å². The number of rotatable bonds is 13. The molecule has 0 saturated heterocycles. The quantitative estimate of drug-likeness (QED) is 0.428. The van der Waals surface area contributed by atoms with Crippen molar-refractivity contribution in [3.63, 3.8) is 0 Å². The second-order valence-electron chi connectivity index (χ2n) is 5.52. The van der Waals surface area contributed by atoms with Crippen LogP contribution in [0.15, 0.2) is 0 Å². The van der Waals surface area contributed by atoms with Crippen molar-refractivity contribution >= 4 is 0 Å². The second-order valence-corrected chi connectivity index (χ2v) is 5.52. The van der Waals surface area contributed by atoms with Crippen molar-refractivity contribution in [2.45, 2.75) is 103 Å². The molecule has 0 amide bonds. The molecule has 0 aliphatic heterocycles. The highest BCUT2D eigenvalue weighted by molar-refractivity contribution is 4.61. The third-order valence-corrected chi connectivity index (χ3v) is 3.61. The number of hydrogen-bond acceptors (Lipinski definition) is 1. The molecule has 0 aromatic rings. The van der Waals surface area contributed by atoms with Gasteiger partial charge in [-0.05, 0) is 12.8 Å². The molecule has 0 radical (unpaired) electrons. The van der Waals surface area contributed by atoms with Crippen LogP contribution in [-0.2, 0) is 0 Å². The highest BCUT2D eigenvalue weighted by Crippen LogP contribution is 2.12. The molecule has 0 aromatic carbocycles. The molecule has 0 fully saturated rings. The van der Waals surface area contributed by atoms with E-state index in [1.165, 1.54) is 83.5 Å². The monoisotopic (exact) mass is 241 g/mol. The third-order valence-electron chi connectivity index (χ3n) is 3.61. The van der Waals surface area contributed by atoms with Gasteiger partial charge in [-0.2, -0.15) is 0 Å². The van der Waals surface area contributed by atoms with E-state index in [1.807, 2.05) is 0 Å². The first-order valence-corrected chi connectivity index (χ1v) is 8.06. The van der Waals surface area contributed by atoms with Crippen LogP contribution in [0.3, 0.4) is 0 Å². The Kier molecular flexibility index (Phi) is 14.0. The van der Waals surface area contributed by atoms with Crippen LogP contribution in [0.5, 0.6) is 0 Å². The van der Waals surface area contributed by atoms with Gasteiger partial charge in [0.05, 0.1) is 0 Å². The summed E-state index contributed by atoms with van der Waals surface area (Å²) in [5.41, 5.74) is 6.13. The van der Waals surface area contributed by atoms with E-state index in [0.717, 1.165) is 0 Å². The normalized spacial score (nSPS) is 12.9. The molecule has 104 valence electrons. The summed E-state index contributed by atoms with van der Waals surface area (Å²) in [6.45, 7) is 4.54. The first-order valence-electron chi connectivity index (χ1n) is 8.06. The van der Waals surface area contributed by atoms with Crippen molar-refractivity contribution in [1.82, 2.24) is 0 Å². The summed E-state index contributed by atoms with van der Waals surface area (Å²) in [5, 5.41) is 0. The Bertz CT molecular complexity index is 133.